The second-order valence-electron chi connectivity index (χ2n) is 2.31. The van der Waals surface area contributed by atoms with E-state index in [0.29, 0.717) is 5.57 Å². The van der Waals surface area contributed by atoms with Crippen molar-refractivity contribution in [1.29, 1.82) is 15.8 Å². The number of hydrogen-bond donors (Lipinski definition) is 0. The Kier molecular flexibility index (Phi) is 4.87. The Morgan fingerprint density at radius 3 is 2.00 bits per heavy atom. The minimum atomic E-state index is -0.0611. The van der Waals surface area contributed by atoms with Crippen molar-refractivity contribution in [3.8, 4) is 18.2 Å². The van der Waals surface area contributed by atoms with Crippen LogP contribution >= 0.6 is 0 Å². The third-order valence-corrected chi connectivity index (χ3v) is 1.23. The predicted octanol–water partition coefficient (Wildman–Crippen LogP) is 1.60. The summed E-state index contributed by atoms with van der Waals surface area (Å²) >= 11 is 0. The molecule has 4 heteroatoms. The van der Waals surface area contributed by atoms with Gasteiger partial charge in [-0.25, -0.2) is 0 Å². The highest BCUT2D eigenvalue weighted by Crippen LogP contribution is 2.03. The maximum Gasteiger partial charge on any atom is 0.129 e. The van der Waals surface area contributed by atoms with Gasteiger partial charge >= 0.3 is 0 Å². The molecular formula is C10H5N4-. The average molecular weight is 181 g/mol. The number of nitrogens with zero attached hydrogens (tertiary/aromatic N) is 4. The zero-order chi connectivity index (χ0) is 11.0. The lowest BCUT2D eigenvalue weighted by atomic mass is 10.1. The Balaban J connectivity index is 5.05. The van der Waals surface area contributed by atoms with Gasteiger partial charge in [0.05, 0.1) is 5.57 Å². The van der Waals surface area contributed by atoms with Crippen LogP contribution in [-0.2, 0) is 0 Å². The molecule has 0 aromatic heterocycles. The van der Waals surface area contributed by atoms with Crippen LogP contribution in [0.25, 0.3) is 5.41 Å². The molecule has 0 rings (SSSR count). The SMILES string of the molecule is C/C(C=C(C#N)C#N)=C/C(=C=[N-])C#N. The second-order valence-corrected chi connectivity index (χ2v) is 2.31. The lowest BCUT2D eigenvalue weighted by Gasteiger charge is -1.90. The van der Waals surface area contributed by atoms with E-state index >= 15 is 0 Å². The molecule has 0 aliphatic heterocycles. The van der Waals surface area contributed by atoms with Crippen molar-refractivity contribution in [2.24, 2.45) is 0 Å². The van der Waals surface area contributed by atoms with Gasteiger partial charge in [0, 0.05) is 0 Å². The van der Waals surface area contributed by atoms with Gasteiger partial charge in [0.15, 0.2) is 0 Å². The fraction of sp³-hybridized carbons (Fsp3) is 0.100. The number of nitriles is 3. The zero-order valence-electron chi connectivity index (χ0n) is 7.44. The lowest BCUT2D eigenvalue weighted by Crippen LogP contribution is -1.78. The van der Waals surface area contributed by atoms with Crippen LogP contribution in [0.3, 0.4) is 0 Å². The molecule has 0 atom stereocenters. The Morgan fingerprint density at radius 1 is 1.07 bits per heavy atom. The minimum Gasteiger partial charge on any atom is -0.762 e. The summed E-state index contributed by atoms with van der Waals surface area (Å²) in [5.74, 6) is 1.68. The molecule has 0 heterocycles. The smallest absolute Gasteiger partial charge is 0.129 e. The fourth-order valence-electron chi connectivity index (χ4n) is 0.676. The van der Waals surface area contributed by atoms with Crippen LogP contribution in [-0.4, -0.2) is 5.87 Å². The normalized spacial score (nSPS) is 8.57. The van der Waals surface area contributed by atoms with E-state index in [0.717, 1.165) is 0 Å². The van der Waals surface area contributed by atoms with Gasteiger partial charge in [0.1, 0.15) is 23.8 Å². The molecule has 0 N–H and O–H groups in total. The Hall–Kier alpha value is -2.60. The van der Waals surface area contributed by atoms with Crippen molar-refractivity contribution in [1.82, 2.24) is 0 Å². The van der Waals surface area contributed by atoms with Crippen molar-refractivity contribution in [3.63, 3.8) is 0 Å². The Labute approximate surface area is 81.8 Å². The van der Waals surface area contributed by atoms with Crippen molar-refractivity contribution in [3.05, 3.63) is 34.3 Å². The van der Waals surface area contributed by atoms with Crippen LogP contribution in [0.5, 0.6) is 0 Å². The second kappa shape index (κ2) is 5.98. The predicted molar refractivity (Wildman–Crippen MR) is 50.6 cm³/mol. The van der Waals surface area contributed by atoms with E-state index in [4.69, 9.17) is 21.2 Å². The molecule has 4 nitrogen and oxygen atoms in total. The summed E-state index contributed by atoms with van der Waals surface area (Å²) < 4.78 is 0. The third-order valence-electron chi connectivity index (χ3n) is 1.23. The molecule has 0 spiro atoms. The van der Waals surface area contributed by atoms with Crippen LogP contribution in [0.4, 0.5) is 0 Å². The standard InChI is InChI=1S/C10H5N4/c1-8(2-9(4-11)5-12)3-10(6-13)7-14/h2-3H,1H3/q-1/b8-2-. The van der Waals surface area contributed by atoms with Gasteiger partial charge in [-0.3, -0.25) is 5.87 Å². The van der Waals surface area contributed by atoms with E-state index < -0.39 is 0 Å². The topological polar surface area (TPSA) is 93.7 Å². The van der Waals surface area contributed by atoms with E-state index in [9.17, 15) is 0 Å². The van der Waals surface area contributed by atoms with Gasteiger partial charge in [0.2, 0.25) is 0 Å². The van der Waals surface area contributed by atoms with Crippen LogP contribution in [0.2, 0.25) is 0 Å². The number of hydrogen-bond acceptors (Lipinski definition) is 3. The monoisotopic (exact) mass is 181 g/mol. The molecule has 0 saturated heterocycles. The number of allylic oxidation sites excluding steroid dienone is 5. The summed E-state index contributed by atoms with van der Waals surface area (Å²) in [5, 5.41) is 33.7. The average Bonchev–Trinajstić information content (AvgIpc) is 2.22. The van der Waals surface area contributed by atoms with Crippen molar-refractivity contribution in [2.45, 2.75) is 6.92 Å². The fourth-order valence-corrected chi connectivity index (χ4v) is 0.676. The Morgan fingerprint density at radius 2 is 1.64 bits per heavy atom. The summed E-state index contributed by atoms with van der Waals surface area (Å²) in [7, 11) is 0. The van der Waals surface area contributed by atoms with Crippen LogP contribution in [0.15, 0.2) is 28.9 Å². The number of rotatable bonds is 2. The van der Waals surface area contributed by atoms with Crippen LogP contribution < -0.4 is 0 Å². The van der Waals surface area contributed by atoms with E-state index in [2.05, 4.69) is 0 Å². The molecule has 0 amide bonds. The van der Waals surface area contributed by atoms with Gasteiger partial charge in [-0.15, -0.1) is 0 Å². The van der Waals surface area contributed by atoms with Gasteiger partial charge in [-0.1, -0.05) is 0 Å². The van der Waals surface area contributed by atoms with Crippen LogP contribution in [0.1, 0.15) is 6.92 Å². The van der Waals surface area contributed by atoms with Crippen molar-refractivity contribution >= 4 is 5.87 Å². The highest BCUT2D eigenvalue weighted by atomic mass is 14.3. The molecule has 0 saturated carbocycles. The maximum absolute atomic E-state index is 8.42. The highest BCUT2D eigenvalue weighted by Gasteiger charge is 1.93. The van der Waals surface area contributed by atoms with Crippen LogP contribution in [0, 0.1) is 34.0 Å². The highest BCUT2D eigenvalue weighted by molar-refractivity contribution is 5.70. The van der Waals surface area contributed by atoms with E-state index in [1.807, 2.05) is 0 Å². The quantitative estimate of drug-likeness (QED) is 0.367. The lowest BCUT2D eigenvalue weighted by molar-refractivity contribution is 1.42. The van der Waals surface area contributed by atoms with E-state index in [1.54, 1.807) is 31.0 Å². The molecule has 0 aromatic rings. The summed E-state index contributed by atoms with van der Waals surface area (Å²) in [4.78, 5) is 0. The first-order chi connectivity index (χ1) is 6.67. The van der Waals surface area contributed by atoms with Gasteiger partial charge in [-0.2, -0.15) is 15.8 Å². The van der Waals surface area contributed by atoms with E-state index in [1.165, 1.54) is 12.2 Å². The molecule has 0 unspecified atom stereocenters. The van der Waals surface area contributed by atoms with Crippen molar-refractivity contribution in [2.75, 3.05) is 0 Å². The molecule has 0 aliphatic carbocycles. The maximum atomic E-state index is 8.42. The first kappa shape index (κ1) is 11.4. The summed E-state index contributed by atoms with van der Waals surface area (Å²) in [6.45, 7) is 1.60. The molecule has 14 heavy (non-hydrogen) atoms. The molecule has 0 aromatic carbocycles. The molecule has 0 aliphatic rings. The van der Waals surface area contributed by atoms with Gasteiger partial charge in [0.25, 0.3) is 0 Å². The van der Waals surface area contributed by atoms with E-state index in [-0.39, 0.29) is 11.1 Å². The summed E-state index contributed by atoms with van der Waals surface area (Å²) in [6, 6.07) is 5.03. The molecule has 0 radical (unpaired) electrons. The summed E-state index contributed by atoms with van der Waals surface area (Å²) in [6.07, 6.45) is 2.63. The largest absolute Gasteiger partial charge is 0.762 e. The first-order valence-corrected chi connectivity index (χ1v) is 3.55. The van der Waals surface area contributed by atoms with Crippen molar-refractivity contribution < 1.29 is 0 Å². The molecule has 0 bridgehead atoms. The molecular weight excluding hydrogens is 176 g/mol. The molecule has 0 fully saturated rings. The molecule has 66 valence electrons. The van der Waals surface area contributed by atoms with Gasteiger partial charge in [-0.05, 0) is 24.6 Å². The first-order valence-electron chi connectivity index (χ1n) is 3.55. The summed E-state index contributed by atoms with van der Waals surface area (Å²) in [5.41, 5.74) is 0.393. The Bertz CT molecular complexity index is 438. The third kappa shape index (κ3) is 3.69. The van der Waals surface area contributed by atoms with Gasteiger partial charge < -0.3 is 5.41 Å². The zero-order valence-corrected chi connectivity index (χ0v) is 7.44. The minimum absolute atomic E-state index is 0.0611.